The van der Waals surface area contributed by atoms with E-state index in [1.54, 1.807) is 0 Å². The van der Waals surface area contributed by atoms with E-state index in [1.807, 2.05) is 24.3 Å². The van der Waals surface area contributed by atoms with Crippen molar-refractivity contribution in [1.82, 2.24) is 10.2 Å². The van der Waals surface area contributed by atoms with Crippen LogP contribution in [0.15, 0.2) is 24.3 Å². The summed E-state index contributed by atoms with van der Waals surface area (Å²) in [5, 5.41) is 13.7. The van der Waals surface area contributed by atoms with E-state index in [2.05, 4.69) is 21.4 Å². The molecule has 0 atom stereocenters. The highest BCUT2D eigenvalue weighted by atomic mass is 35.5. The number of fused-ring (bicyclic) bond motifs is 1. The summed E-state index contributed by atoms with van der Waals surface area (Å²) in [6.07, 6.45) is 8.05. The Labute approximate surface area is 112 Å². The first kappa shape index (κ1) is 12.7. The molecule has 1 heterocycles. The second-order valence-corrected chi connectivity index (χ2v) is 4.33. The first-order valence-electron chi connectivity index (χ1n) is 5.91. The molecular weight excluding hydrogens is 246 g/mol. The van der Waals surface area contributed by atoms with Gasteiger partial charge in [0.1, 0.15) is 0 Å². The Morgan fingerprint density at radius 2 is 1.94 bits per heavy atom. The average molecular weight is 260 g/mol. The van der Waals surface area contributed by atoms with Crippen LogP contribution in [0.5, 0.6) is 0 Å². The largest absolute Gasteiger partial charge is 0.368 e. The van der Waals surface area contributed by atoms with Crippen molar-refractivity contribution in [3.05, 3.63) is 29.4 Å². The molecule has 0 saturated heterocycles. The van der Waals surface area contributed by atoms with Crippen LogP contribution < -0.4 is 5.32 Å². The number of hydrogen-bond acceptors (Lipinski definition) is 3. The van der Waals surface area contributed by atoms with Crippen molar-refractivity contribution in [3.8, 4) is 12.3 Å². The van der Waals surface area contributed by atoms with E-state index < -0.39 is 0 Å². The number of rotatable bonds is 5. The van der Waals surface area contributed by atoms with Gasteiger partial charge in [-0.15, -0.1) is 22.5 Å². The van der Waals surface area contributed by atoms with Gasteiger partial charge in [-0.2, -0.15) is 0 Å². The fourth-order valence-corrected chi connectivity index (χ4v) is 1.96. The SMILES string of the molecule is C#CCCCCNc1nnc(Cl)c2ccccc12. The minimum Gasteiger partial charge on any atom is -0.368 e. The van der Waals surface area contributed by atoms with Gasteiger partial charge in [0.2, 0.25) is 0 Å². The van der Waals surface area contributed by atoms with E-state index in [-0.39, 0.29) is 0 Å². The third kappa shape index (κ3) is 2.91. The summed E-state index contributed by atoms with van der Waals surface area (Å²) in [6.45, 7) is 0.835. The lowest BCUT2D eigenvalue weighted by Gasteiger charge is -2.08. The normalized spacial score (nSPS) is 10.2. The molecule has 3 nitrogen and oxygen atoms in total. The van der Waals surface area contributed by atoms with Crippen molar-refractivity contribution in [1.29, 1.82) is 0 Å². The minimum atomic E-state index is 0.434. The average Bonchev–Trinajstić information content (AvgIpc) is 2.41. The van der Waals surface area contributed by atoms with Gasteiger partial charge < -0.3 is 5.32 Å². The van der Waals surface area contributed by atoms with Crippen LogP contribution in [0.2, 0.25) is 5.15 Å². The summed E-state index contributed by atoms with van der Waals surface area (Å²) in [5.74, 6) is 3.40. The number of terminal acetylenes is 1. The predicted octanol–water partition coefficient (Wildman–Crippen LogP) is 3.50. The molecule has 0 radical (unpaired) electrons. The van der Waals surface area contributed by atoms with Crippen molar-refractivity contribution in [3.63, 3.8) is 0 Å². The molecule has 0 saturated carbocycles. The number of halogens is 1. The number of unbranched alkanes of at least 4 members (excludes halogenated alkanes) is 2. The Morgan fingerprint density at radius 1 is 1.17 bits per heavy atom. The van der Waals surface area contributed by atoms with Crippen LogP contribution in [-0.4, -0.2) is 16.7 Å². The molecule has 2 aromatic rings. The van der Waals surface area contributed by atoms with E-state index in [0.29, 0.717) is 5.15 Å². The van der Waals surface area contributed by atoms with Crippen LogP contribution in [0.25, 0.3) is 10.8 Å². The van der Waals surface area contributed by atoms with Gasteiger partial charge in [0.25, 0.3) is 0 Å². The Kier molecular flexibility index (Phi) is 4.38. The summed E-state index contributed by atoms with van der Waals surface area (Å²) >= 11 is 6.01. The minimum absolute atomic E-state index is 0.434. The van der Waals surface area contributed by atoms with Gasteiger partial charge >= 0.3 is 0 Å². The lowest BCUT2D eigenvalue weighted by molar-refractivity contribution is 0.786. The van der Waals surface area contributed by atoms with Crippen LogP contribution in [0, 0.1) is 12.3 Å². The predicted molar refractivity (Wildman–Crippen MR) is 75.7 cm³/mol. The molecule has 92 valence electrons. The van der Waals surface area contributed by atoms with Crippen LogP contribution in [0.4, 0.5) is 5.82 Å². The summed E-state index contributed by atoms with van der Waals surface area (Å²) in [5.41, 5.74) is 0. The number of benzene rings is 1. The highest BCUT2D eigenvalue weighted by Crippen LogP contribution is 2.25. The van der Waals surface area contributed by atoms with Crippen LogP contribution in [-0.2, 0) is 0 Å². The van der Waals surface area contributed by atoms with Crippen molar-refractivity contribution < 1.29 is 0 Å². The topological polar surface area (TPSA) is 37.8 Å². The Bertz CT molecular complexity index is 575. The summed E-state index contributed by atoms with van der Waals surface area (Å²) < 4.78 is 0. The number of hydrogen-bond donors (Lipinski definition) is 1. The van der Waals surface area contributed by atoms with Gasteiger partial charge in [-0.25, -0.2) is 0 Å². The summed E-state index contributed by atoms with van der Waals surface area (Å²) in [4.78, 5) is 0. The quantitative estimate of drug-likeness (QED) is 0.660. The zero-order valence-corrected chi connectivity index (χ0v) is 10.7. The van der Waals surface area contributed by atoms with Gasteiger partial charge in [0.05, 0.1) is 0 Å². The molecule has 18 heavy (non-hydrogen) atoms. The molecule has 0 fully saturated rings. The second kappa shape index (κ2) is 6.23. The maximum atomic E-state index is 6.01. The molecule has 2 rings (SSSR count). The molecule has 0 amide bonds. The van der Waals surface area contributed by atoms with Gasteiger partial charge in [-0.3, -0.25) is 0 Å². The molecule has 0 unspecified atom stereocenters. The lowest BCUT2D eigenvalue weighted by Crippen LogP contribution is -2.05. The second-order valence-electron chi connectivity index (χ2n) is 3.97. The first-order chi connectivity index (χ1) is 8.83. The first-order valence-corrected chi connectivity index (χ1v) is 6.29. The van der Waals surface area contributed by atoms with Gasteiger partial charge in [-0.05, 0) is 12.8 Å². The third-order valence-electron chi connectivity index (χ3n) is 2.68. The zero-order valence-electron chi connectivity index (χ0n) is 9.99. The van der Waals surface area contributed by atoms with Crippen LogP contribution >= 0.6 is 11.6 Å². The number of anilines is 1. The lowest BCUT2D eigenvalue weighted by atomic mass is 10.2. The van der Waals surface area contributed by atoms with Crippen LogP contribution in [0.3, 0.4) is 0 Å². The third-order valence-corrected chi connectivity index (χ3v) is 2.96. The molecule has 1 aromatic carbocycles. The van der Waals surface area contributed by atoms with Crippen molar-refractivity contribution >= 4 is 28.2 Å². The Morgan fingerprint density at radius 3 is 2.72 bits per heavy atom. The molecule has 0 aliphatic carbocycles. The van der Waals surface area contributed by atoms with E-state index in [4.69, 9.17) is 18.0 Å². The maximum absolute atomic E-state index is 6.01. The van der Waals surface area contributed by atoms with Crippen molar-refractivity contribution in [2.24, 2.45) is 0 Å². The fraction of sp³-hybridized carbons (Fsp3) is 0.286. The van der Waals surface area contributed by atoms with E-state index in [1.165, 1.54) is 0 Å². The number of aromatic nitrogens is 2. The van der Waals surface area contributed by atoms with Gasteiger partial charge in [0.15, 0.2) is 11.0 Å². The van der Waals surface area contributed by atoms with E-state index in [0.717, 1.165) is 42.4 Å². The Hall–Kier alpha value is -1.79. The summed E-state index contributed by atoms with van der Waals surface area (Å²) in [6, 6.07) is 7.83. The van der Waals surface area contributed by atoms with E-state index >= 15 is 0 Å². The molecule has 0 spiro atoms. The van der Waals surface area contributed by atoms with Gasteiger partial charge in [-0.1, -0.05) is 35.9 Å². The smallest absolute Gasteiger partial charge is 0.159 e. The fourth-order valence-electron chi connectivity index (χ4n) is 1.76. The molecule has 1 N–H and O–H groups in total. The summed E-state index contributed by atoms with van der Waals surface area (Å²) in [7, 11) is 0. The van der Waals surface area contributed by atoms with Crippen molar-refractivity contribution in [2.45, 2.75) is 19.3 Å². The molecular formula is C14H14ClN3. The van der Waals surface area contributed by atoms with Gasteiger partial charge in [0, 0.05) is 23.7 Å². The molecule has 4 heteroatoms. The zero-order chi connectivity index (χ0) is 12.8. The van der Waals surface area contributed by atoms with E-state index in [9.17, 15) is 0 Å². The van der Waals surface area contributed by atoms with Crippen LogP contribution in [0.1, 0.15) is 19.3 Å². The standard InChI is InChI=1S/C14H14ClN3/c1-2-3-4-7-10-16-14-12-9-6-5-8-11(12)13(15)17-18-14/h1,5-6,8-9H,3-4,7,10H2,(H,16,18). The Balaban J connectivity index is 2.09. The molecule has 0 bridgehead atoms. The number of nitrogens with one attached hydrogen (secondary N) is 1. The monoisotopic (exact) mass is 259 g/mol. The maximum Gasteiger partial charge on any atom is 0.159 e. The molecule has 0 aliphatic rings. The van der Waals surface area contributed by atoms with Crippen molar-refractivity contribution in [2.75, 3.05) is 11.9 Å². The number of nitrogens with zero attached hydrogens (tertiary/aromatic N) is 2. The highest BCUT2D eigenvalue weighted by Gasteiger charge is 2.06. The highest BCUT2D eigenvalue weighted by molar-refractivity contribution is 6.34. The molecule has 0 aliphatic heterocycles. The molecule has 1 aromatic heterocycles.